The molecule has 0 unspecified atom stereocenters. The Morgan fingerprint density at radius 2 is 2.00 bits per heavy atom. The SMILES string of the molecule is C=C(C)c1ncnc2ccccc12. The molecule has 64 valence electrons. The summed E-state index contributed by atoms with van der Waals surface area (Å²) in [4.78, 5) is 8.37. The molecule has 2 nitrogen and oxygen atoms in total. The summed E-state index contributed by atoms with van der Waals surface area (Å²) in [6.07, 6.45) is 1.58. The molecule has 2 rings (SSSR count). The van der Waals surface area contributed by atoms with Crippen molar-refractivity contribution in [2.45, 2.75) is 6.92 Å². The van der Waals surface area contributed by atoms with Gasteiger partial charge in [-0.15, -0.1) is 0 Å². The molecular formula is C11H10N2. The number of para-hydroxylation sites is 1. The Balaban J connectivity index is 2.83. The molecule has 1 aromatic carbocycles. The molecule has 13 heavy (non-hydrogen) atoms. The molecule has 0 saturated heterocycles. The number of allylic oxidation sites excluding steroid dienone is 1. The number of aromatic nitrogens is 2. The molecule has 0 N–H and O–H groups in total. The van der Waals surface area contributed by atoms with Crippen molar-refractivity contribution in [1.82, 2.24) is 9.97 Å². The minimum atomic E-state index is 0.936. The Morgan fingerprint density at radius 3 is 2.77 bits per heavy atom. The number of benzene rings is 1. The van der Waals surface area contributed by atoms with E-state index in [0.29, 0.717) is 0 Å². The Kier molecular flexibility index (Phi) is 1.81. The van der Waals surface area contributed by atoms with Gasteiger partial charge in [-0.3, -0.25) is 0 Å². The van der Waals surface area contributed by atoms with Gasteiger partial charge in [0, 0.05) is 5.39 Å². The smallest absolute Gasteiger partial charge is 0.116 e. The summed E-state index contributed by atoms with van der Waals surface area (Å²) in [5, 5.41) is 1.07. The zero-order valence-electron chi connectivity index (χ0n) is 7.49. The van der Waals surface area contributed by atoms with Crippen LogP contribution in [0, 0.1) is 0 Å². The van der Waals surface area contributed by atoms with Gasteiger partial charge in [0.25, 0.3) is 0 Å². The van der Waals surface area contributed by atoms with Crippen molar-refractivity contribution < 1.29 is 0 Å². The summed E-state index contributed by atoms with van der Waals surface area (Å²) in [7, 11) is 0. The van der Waals surface area contributed by atoms with Gasteiger partial charge in [-0.05, 0) is 18.6 Å². The molecule has 0 aliphatic rings. The highest BCUT2D eigenvalue weighted by molar-refractivity contribution is 5.88. The van der Waals surface area contributed by atoms with Crippen molar-refractivity contribution in [2.24, 2.45) is 0 Å². The highest BCUT2D eigenvalue weighted by Crippen LogP contribution is 2.18. The fourth-order valence-electron chi connectivity index (χ4n) is 1.34. The second-order valence-corrected chi connectivity index (χ2v) is 3.02. The first-order valence-corrected chi connectivity index (χ1v) is 4.14. The second kappa shape index (κ2) is 2.98. The summed E-state index contributed by atoms with van der Waals surface area (Å²) >= 11 is 0. The highest BCUT2D eigenvalue weighted by Gasteiger charge is 2.01. The zero-order chi connectivity index (χ0) is 9.26. The fourth-order valence-corrected chi connectivity index (χ4v) is 1.34. The van der Waals surface area contributed by atoms with Crippen molar-refractivity contribution in [2.75, 3.05) is 0 Å². The van der Waals surface area contributed by atoms with Crippen LogP contribution >= 0.6 is 0 Å². The Bertz CT molecular complexity index is 455. The quantitative estimate of drug-likeness (QED) is 0.657. The number of hydrogen-bond donors (Lipinski definition) is 0. The third-order valence-corrected chi connectivity index (χ3v) is 1.95. The molecule has 0 saturated carbocycles. The minimum absolute atomic E-state index is 0.936. The zero-order valence-corrected chi connectivity index (χ0v) is 7.49. The van der Waals surface area contributed by atoms with Gasteiger partial charge in [0.05, 0.1) is 11.2 Å². The molecule has 2 heteroatoms. The van der Waals surface area contributed by atoms with E-state index in [2.05, 4.69) is 16.5 Å². The third kappa shape index (κ3) is 1.31. The maximum Gasteiger partial charge on any atom is 0.116 e. The molecule has 0 atom stereocenters. The van der Waals surface area contributed by atoms with E-state index < -0.39 is 0 Å². The molecule has 0 bridgehead atoms. The monoisotopic (exact) mass is 170 g/mol. The first-order valence-electron chi connectivity index (χ1n) is 4.14. The average Bonchev–Trinajstić information content (AvgIpc) is 2.17. The van der Waals surface area contributed by atoms with E-state index >= 15 is 0 Å². The van der Waals surface area contributed by atoms with Gasteiger partial charge in [0.2, 0.25) is 0 Å². The van der Waals surface area contributed by atoms with Crippen LogP contribution in [0.4, 0.5) is 0 Å². The van der Waals surface area contributed by atoms with Crippen LogP contribution in [0.1, 0.15) is 12.6 Å². The van der Waals surface area contributed by atoms with E-state index in [4.69, 9.17) is 0 Å². The molecule has 0 aliphatic carbocycles. The summed E-state index contributed by atoms with van der Waals surface area (Å²) in [5.74, 6) is 0. The van der Waals surface area contributed by atoms with Crippen LogP contribution in [-0.4, -0.2) is 9.97 Å². The van der Waals surface area contributed by atoms with Crippen LogP contribution in [0.5, 0.6) is 0 Å². The van der Waals surface area contributed by atoms with Crippen LogP contribution in [0.15, 0.2) is 37.2 Å². The number of hydrogen-bond acceptors (Lipinski definition) is 2. The lowest BCUT2D eigenvalue weighted by atomic mass is 10.1. The van der Waals surface area contributed by atoms with Crippen molar-refractivity contribution in [3.05, 3.63) is 42.9 Å². The van der Waals surface area contributed by atoms with E-state index in [1.807, 2.05) is 31.2 Å². The summed E-state index contributed by atoms with van der Waals surface area (Å²) in [6.45, 7) is 5.84. The lowest BCUT2D eigenvalue weighted by molar-refractivity contribution is 1.19. The maximum atomic E-state index is 4.20. The van der Waals surface area contributed by atoms with Crippen LogP contribution in [0.2, 0.25) is 0 Å². The largest absolute Gasteiger partial charge is 0.236 e. The molecule has 0 amide bonds. The van der Waals surface area contributed by atoms with E-state index in [9.17, 15) is 0 Å². The molecule has 1 aromatic heterocycles. The molecular weight excluding hydrogens is 160 g/mol. The Hall–Kier alpha value is -1.70. The fraction of sp³-hybridized carbons (Fsp3) is 0.0909. The lowest BCUT2D eigenvalue weighted by Crippen LogP contribution is -1.89. The molecule has 0 spiro atoms. The topological polar surface area (TPSA) is 25.8 Å². The highest BCUT2D eigenvalue weighted by atomic mass is 14.8. The van der Waals surface area contributed by atoms with Crippen molar-refractivity contribution in [3.63, 3.8) is 0 Å². The first kappa shape index (κ1) is 7.92. The number of nitrogens with zero attached hydrogens (tertiary/aromatic N) is 2. The molecule has 0 radical (unpaired) electrons. The van der Waals surface area contributed by atoms with Gasteiger partial charge in [-0.25, -0.2) is 9.97 Å². The normalized spacial score (nSPS) is 10.2. The van der Waals surface area contributed by atoms with Crippen molar-refractivity contribution in [3.8, 4) is 0 Å². The number of fused-ring (bicyclic) bond motifs is 1. The molecule has 1 heterocycles. The van der Waals surface area contributed by atoms with Crippen molar-refractivity contribution in [1.29, 1.82) is 0 Å². The molecule has 2 aromatic rings. The summed E-state index contributed by atoms with van der Waals surface area (Å²) in [5.41, 5.74) is 2.87. The molecule has 0 fully saturated rings. The standard InChI is InChI=1S/C11H10N2/c1-8(2)11-9-5-3-4-6-10(9)12-7-13-11/h3-7H,1H2,2H3. The first-order chi connectivity index (χ1) is 6.29. The van der Waals surface area contributed by atoms with Crippen LogP contribution in [0.3, 0.4) is 0 Å². The minimum Gasteiger partial charge on any atom is -0.236 e. The number of rotatable bonds is 1. The average molecular weight is 170 g/mol. The Labute approximate surface area is 77.0 Å². The van der Waals surface area contributed by atoms with E-state index in [-0.39, 0.29) is 0 Å². The van der Waals surface area contributed by atoms with Gasteiger partial charge in [0.1, 0.15) is 6.33 Å². The summed E-state index contributed by atoms with van der Waals surface area (Å²) in [6, 6.07) is 7.94. The van der Waals surface area contributed by atoms with Gasteiger partial charge < -0.3 is 0 Å². The van der Waals surface area contributed by atoms with Crippen molar-refractivity contribution >= 4 is 16.5 Å². The van der Waals surface area contributed by atoms with Gasteiger partial charge in [0.15, 0.2) is 0 Å². The van der Waals surface area contributed by atoms with Crippen LogP contribution in [0.25, 0.3) is 16.5 Å². The van der Waals surface area contributed by atoms with Crippen LogP contribution in [-0.2, 0) is 0 Å². The van der Waals surface area contributed by atoms with E-state index in [0.717, 1.165) is 22.2 Å². The van der Waals surface area contributed by atoms with E-state index in [1.54, 1.807) is 6.33 Å². The lowest BCUT2D eigenvalue weighted by Gasteiger charge is -2.02. The van der Waals surface area contributed by atoms with E-state index in [1.165, 1.54) is 0 Å². The second-order valence-electron chi connectivity index (χ2n) is 3.02. The predicted octanol–water partition coefficient (Wildman–Crippen LogP) is 2.66. The maximum absolute atomic E-state index is 4.20. The van der Waals surface area contributed by atoms with Crippen LogP contribution < -0.4 is 0 Å². The predicted molar refractivity (Wildman–Crippen MR) is 54.2 cm³/mol. The van der Waals surface area contributed by atoms with Gasteiger partial charge in [-0.2, -0.15) is 0 Å². The summed E-state index contributed by atoms with van der Waals surface area (Å²) < 4.78 is 0. The van der Waals surface area contributed by atoms with Gasteiger partial charge in [-0.1, -0.05) is 24.8 Å². The Morgan fingerprint density at radius 1 is 1.23 bits per heavy atom. The molecule has 0 aliphatic heterocycles. The third-order valence-electron chi connectivity index (χ3n) is 1.95. The van der Waals surface area contributed by atoms with Gasteiger partial charge >= 0.3 is 0 Å².